The number of nitrogens with zero attached hydrogens (tertiary/aromatic N) is 2. The van der Waals surface area contributed by atoms with Crippen LogP contribution in [0.3, 0.4) is 0 Å². The molecule has 1 heterocycles. The molecule has 2 atom stereocenters. The van der Waals surface area contributed by atoms with Gasteiger partial charge in [0.2, 0.25) is 5.91 Å². The van der Waals surface area contributed by atoms with Gasteiger partial charge in [0.05, 0.1) is 0 Å². The van der Waals surface area contributed by atoms with Crippen LogP contribution in [0.2, 0.25) is 0 Å². The highest BCUT2D eigenvalue weighted by Crippen LogP contribution is 2.35. The molecule has 0 aromatic carbocycles. The molecule has 2 aliphatic rings. The summed E-state index contributed by atoms with van der Waals surface area (Å²) in [4.78, 5) is 40.5. The van der Waals surface area contributed by atoms with E-state index in [4.69, 9.17) is 0 Å². The maximum absolute atomic E-state index is 12.7. The van der Waals surface area contributed by atoms with Crippen LogP contribution in [0, 0.1) is 0 Å². The van der Waals surface area contributed by atoms with Crippen LogP contribution >= 0.6 is 0 Å². The van der Waals surface area contributed by atoms with Crippen LogP contribution in [0.5, 0.6) is 0 Å². The number of carbonyl (C=O) groups is 3. The van der Waals surface area contributed by atoms with E-state index >= 15 is 0 Å². The van der Waals surface area contributed by atoms with Gasteiger partial charge < -0.3 is 10.2 Å². The van der Waals surface area contributed by atoms with Gasteiger partial charge in [-0.15, -0.1) is 0 Å². The summed E-state index contributed by atoms with van der Waals surface area (Å²) in [5, 5.41) is 2.83. The zero-order valence-electron chi connectivity index (χ0n) is 14.7. The number of amides is 4. The molecule has 6 heteroatoms. The lowest BCUT2D eigenvalue weighted by molar-refractivity contribution is -0.141. The van der Waals surface area contributed by atoms with Gasteiger partial charge >= 0.3 is 6.03 Å². The molecule has 1 spiro atoms. The fourth-order valence-electron chi connectivity index (χ4n) is 3.67. The molecular weight excluding hydrogens is 294 g/mol. The topological polar surface area (TPSA) is 69.7 Å². The number of hydrogen-bond acceptors (Lipinski definition) is 3. The van der Waals surface area contributed by atoms with Gasteiger partial charge in [0.15, 0.2) is 0 Å². The van der Waals surface area contributed by atoms with Crippen LogP contribution in [0.15, 0.2) is 0 Å². The Bertz CT molecular complexity index is 475. The molecule has 2 rings (SSSR count). The predicted octanol–water partition coefficient (Wildman–Crippen LogP) is 2.28. The largest absolute Gasteiger partial charge is 0.336 e. The number of hydrogen-bond donors (Lipinski definition) is 1. The van der Waals surface area contributed by atoms with Crippen molar-refractivity contribution in [2.24, 2.45) is 0 Å². The van der Waals surface area contributed by atoms with Crippen molar-refractivity contribution in [1.29, 1.82) is 0 Å². The lowest BCUT2D eigenvalue weighted by atomic mass is 9.98. The van der Waals surface area contributed by atoms with E-state index in [2.05, 4.69) is 5.32 Å². The lowest BCUT2D eigenvalue weighted by Gasteiger charge is -2.35. The van der Waals surface area contributed by atoms with Crippen LogP contribution in [0.4, 0.5) is 4.79 Å². The lowest BCUT2D eigenvalue weighted by Crippen LogP contribution is -2.50. The molecule has 1 N–H and O–H groups in total. The van der Waals surface area contributed by atoms with Gasteiger partial charge in [0.1, 0.15) is 12.1 Å². The third-order valence-corrected chi connectivity index (χ3v) is 5.42. The average molecular weight is 323 g/mol. The summed E-state index contributed by atoms with van der Waals surface area (Å²) < 4.78 is 0. The quantitative estimate of drug-likeness (QED) is 0.762. The second kappa shape index (κ2) is 6.89. The summed E-state index contributed by atoms with van der Waals surface area (Å²) in [5.74, 6) is -0.367. The Kier molecular flexibility index (Phi) is 5.32. The number of nitrogens with one attached hydrogen (secondary N) is 1. The van der Waals surface area contributed by atoms with Crippen molar-refractivity contribution in [2.45, 2.75) is 83.8 Å². The van der Waals surface area contributed by atoms with Crippen LogP contribution in [0.1, 0.15) is 66.2 Å². The minimum absolute atomic E-state index is 0.0960. The van der Waals surface area contributed by atoms with Gasteiger partial charge in [-0.25, -0.2) is 4.79 Å². The number of urea groups is 1. The summed E-state index contributed by atoms with van der Waals surface area (Å²) in [5.41, 5.74) is -0.741. The molecule has 2 fully saturated rings. The molecule has 130 valence electrons. The van der Waals surface area contributed by atoms with Crippen molar-refractivity contribution < 1.29 is 14.4 Å². The van der Waals surface area contributed by atoms with Crippen molar-refractivity contribution in [3.8, 4) is 0 Å². The van der Waals surface area contributed by atoms with Crippen LogP contribution in [-0.2, 0) is 9.59 Å². The Morgan fingerprint density at radius 1 is 1.17 bits per heavy atom. The van der Waals surface area contributed by atoms with Gasteiger partial charge in [-0.1, -0.05) is 26.7 Å². The summed E-state index contributed by atoms with van der Waals surface area (Å²) in [6.07, 6.45) is 4.95. The van der Waals surface area contributed by atoms with E-state index in [0.29, 0.717) is 12.8 Å². The minimum Gasteiger partial charge on any atom is -0.336 e. The van der Waals surface area contributed by atoms with E-state index < -0.39 is 11.6 Å². The molecule has 6 nitrogen and oxygen atoms in total. The van der Waals surface area contributed by atoms with Crippen LogP contribution in [-0.4, -0.2) is 51.8 Å². The number of rotatable bonds is 6. The first kappa shape index (κ1) is 17.8. The summed E-state index contributed by atoms with van der Waals surface area (Å²) >= 11 is 0. The molecule has 0 radical (unpaired) electrons. The zero-order valence-corrected chi connectivity index (χ0v) is 14.7. The summed E-state index contributed by atoms with van der Waals surface area (Å²) in [7, 11) is 0. The Labute approximate surface area is 138 Å². The van der Waals surface area contributed by atoms with Gasteiger partial charge in [-0.3, -0.25) is 14.5 Å². The fourth-order valence-corrected chi connectivity index (χ4v) is 3.67. The second-order valence-electron chi connectivity index (χ2n) is 6.93. The molecule has 1 aliphatic carbocycles. The smallest absolute Gasteiger partial charge is 0.325 e. The number of carbonyl (C=O) groups excluding carboxylic acids is 3. The molecule has 0 unspecified atom stereocenters. The van der Waals surface area contributed by atoms with E-state index in [0.717, 1.165) is 30.6 Å². The predicted molar refractivity (Wildman–Crippen MR) is 87.8 cm³/mol. The van der Waals surface area contributed by atoms with E-state index in [9.17, 15) is 14.4 Å². The van der Waals surface area contributed by atoms with Crippen molar-refractivity contribution in [3.05, 3.63) is 0 Å². The molecule has 4 amide bonds. The third-order valence-electron chi connectivity index (χ3n) is 5.42. The molecule has 1 saturated carbocycles. The molecule has 1 saturated heterocycles. The molecule has 0 bridgehead atoms. The van der Waals surface area contributed by atoms with Gasteiger partial charge in [0, 0.05) is 12.1 Å². The Balaban J connectivity index is 2.12. The van der Waals surface area contributed by atoms with E-state index in [1.807, 2.05) is 32.6 Å². The Hall–Kier alpha value is -1.59. The third kappa shape index (κ3) is 3.21. The van der Waals surface area contributed by atoms with Crippen molar-refractivity contribution >= 4 is 17.8 Å². The van der Waals surface area contributed by atoms with E-state index in [-0.39, 0.29) is 30.4 Å². The molecule has 0 aromatic heterocycles. The van der Waals surface area contributed by atoms with Crippen molar-refractivity contribution in [1.82, 2.24) is 15.1 Å². The molecular formula is C17H29N3O3. The number of imide groups is 1. The highest BCUT2D eigenvalue weighted by Gasteiger charge is 2.53. The SMILES string of the molecule is CC[C@@H](C)N(C(=O)CN1C(=O)NC2(CCCC2)C1=O)[C@@H](C)CC. The molecule has 23 heavy (non-hydrogen) atoms. The van der Waals surface area contributed by atoms with Gasteiger partial charge in [-0.2, -0.15) is 0 Å². The zero-order chi connectivity index (χ0) is 17.2. The van der Waals surface area contributed by atoms with Crippen molar-refractivity contribution in [2.75, 3.05) is 6.54 Å². The van der Waals surface area contributed by atoms with Gasteiger partial charge in [-0.05, 0) is 39.5 Å². The summed E-state index contributed by atoms with van der Waals surface area (Å²) in [6, 6.07) is -0.226. The standard InChI is InChI=1S/C17H29N3O3/c1-5-12(3)20(13(4)6-2)14(21)11-19-15(22)17(18-16(19)23)9-7-8-10-17/h12-13H,5-11H2,1-4H3,(H,18,23)/t12-,13+. The molecule has 0 aromatic rings. The highest BCUT2D eigenvalue weighted by molar-refractivity contribution is 6.09. The normalized spacial score (nSPS) is 22.3. The average Bonchev–Trinajstić information content (AvgIpc) is 3.08. The van der Waals surface area contributed by atoms with Crippen molar-refractivity contribution in [3.63, 3.8) is 0 Å². The first-order valence-electron chi connectivity index (χ1n) is 8.81. The fraction of sp³-hybridized carbons (Fsp3) is 0.824. The summed E-state index contributed by atoms with van der Waals surface area (Å²) in [6.45, 7) is 7.94. The Morgan fingerprint density at radius 3 is 2.17 bits per heavy atom. The van der Waals surface area contributed by atoms with Crippen LogP contribution < -0.4 is 5.32 Å². The monoisotopic (exact) mass is 323 g/mol. The maximum atomic E-state index is 12.7. The minimum atomic E-state index is -0.741. The molecule has 1 aliphatic heterocycles. The Morgan fingerprint density at radius 2 is 1.70 bits per heavy atom. The van der Waals surface area contributed by atoms with E-state index in [1.54, 1.807) is 0 Å². The van der Waals surface area contributed by atoms with E-state index in [1.165, 1.54) is 0 Å². The van der Waals surface area contributed by atoms with Crippen LogP contribution in [0.25, 0.3) is 0 Å². The van der Waals surface area contributed by atoms with Gasteiger partial charge in [0.25, 0.3) is 5.91 Å². The first-order valence-corrected chi connectivity index (χ1v) is 8.81. The maximum Gasteiger partial charge on any atom is 0.325 e. The second-order valence-corrected chi connectivity index (χ2v) is 6.93. The highest BCUT2D eigenvalue weighted by atomic mass is 16.2. The first-order chi connectivity index (χ1) is 10.9.